The van der Waals surface area contributed by atoms with E-state index in [9.17, 15) is 9.59 Å². The summed E-state index contributed by atoms with van der Waals surface area (Å²) in [6.07, 6.45) is 3.55. The second-order valence-corrected chi connectivity index (χ2v) is 7.50. The Hall–Kier alpha value is -2.08. The lowest BCUT2D eigenvalue weighted by atomic mass is 9.77. The van der Waals surface area contributed by atoms with E-state index in [1.54, 1.807) is 18.1 Å². The van der Waals surface area contributed by atoms with E-state index >= 15 is 0 Å². The Kier molecular flexibility index (Phi) is 4.99. The predicted octanol–water partition coefficient (Wildman–Crippen LogP) is 2.54. The number of hydrogen-bond acceptors (Lipinski definition) is 4. The monoisotopic (exact) mass is 345 g/mol. The molecule has 0 spiro atoms. The van der Waals surface area contributed by atoms with Crippen LogP contribution in [0.5, 0.6) is 5.75 Å². The lowest BCUT2D eigenvalue weighted by molar-refractivity contribution is -0.121. The highest BCUT2D eigenvalue weighted by atomic mass is 16.5. The molecule has 2 heterocycles. The van der Waals surface area contributed by atoms with Crippen LogP contribution in [-0.4, -0.2) is 38.1 Å². The summed E-state index contributed by atoms with van der Waals surface area (Å²) < 4.78 is 5.45. The van der Waals surface area contributed by atoms with E-state index in [-0.39, 0.29) is 23.3 Å². The van der Waals surface area contributed by atoms with E-state index < -0.39 is 0 Å². The number of hydrogen-bond donors (Lipinski definition) is 2. The molecule has 2 aliphatic heterocycles. The number of carbonyl (C=O) groups is 2. The molecule has 6 heteroatoms. The van der Waals surface area contributed by atoms with Crippen molar-refractivity contribution in [2.75, 3.05) is 30.4 Å². The topological polar surface area (TPSA) is 70.7 Å². The van der Waals surface area contributed by atoms with Gasteiger partial charge in [-0.05, 0) is 43.4 Å². The van der Waals surface area contributed by atoms with E-state index in [1.807, 2.05) is 12.1 Å². The second-order valence-electron chi connectivity index (χ2n) is 7.50. The number of methoxy groups -OCH3 is 1. The van der Waals surface area contributed by atoms with Gasteiger partial charge >= 0.3 is 0 Å². The normalized spacial score (nSPS) is 22.8. The molecule has 2 amide bonds. The van der Waals surface area contributed by atoms with Gasteiger partial charge in [0.1, 0.15) is 5.75 Å². The molecule has 1 aromatic carbocycles. The smallest absolute Gasteiger partial charge is 0.242 e. The quantitative estimate of drug-likeness (QED) is 0.880. The molecule has 0 bridgehead atoms. The number of nitrogens with one attached hydrogen (secondary N) is 2. The van der Waals surface area contributed by atoms with Gasteiger partial charge in [0.25, 0.3) is 0 Å². The number of rotatable bonds is 4. The fourth-order valence-electron chi connectivity index (χ4n) is 3.75. The highest BCUT2D eigenvalue weighted by Crippen LogP contribution is 2.35. The molecule has 2 N–H and O–H groups in total. The second kappa shape index (κ2) is 7.04. The third-order valence-electron chi connectivity index (χ3n) is 5.20. The van der Waals surface area contributed by atoms with Crippen LogP contribution in [0.15, 0.2) is 18.2 Å². The van der Waals surface area contributed by atoms with Gasteiger partial charge in [-0.1, -0.05) is 13.8 Å². The van der Waals surface area contributed by atoms with Crippen molar-refractivity contribution in [2.45, 2.75) is 45.6 Å². The average molecular weight is 345 g/mol. The molecule has 2 aliphatic rings. The van der Waals surface area contributed by atoms with Crippen LogP contribution in [-0.2, 0) is 9.59 Å². The summed E-state index contributed by atoms with van der Waals surface area (Å²) in [7, 11) is 1.58. The lowest BCUT2D eigenvalue weighted by Crippen LogP contribution is -2.53. The van der Waals surface area contributed by atoms with Gasteiger partial charge < -0.3 is 20.3 Å². The first-order valence-corrected chi connectivity index (χ1v) is 8.95. The standard InChI is InChI=1S/C19H27N3O3/c1-19(2)9-5-10-20-17(19)18(24)21-13-7-8-14(15(12-13)25-3)22-11-4-6-16(22)23/h7-8,12,17,20H,4-6,9-11H2,1-3H3,(H,21,24). The minimum atomic E-state index is -0.216. The maximum Gasteiger partial charge on any atom is 0.242 e. The van der Waals surface area contributed by atoms with E-state index in [1.165, 1.54) is 0 Å². The van der Waals surface area contributed by atoms with E-state index in [4.69, 9.17) is 4.74 Å². The van der Waals surface area contributed by atoms with E-state index in [0.717, 1.165) is 31.5 Å². The van der Waals surface area contributed by atoms with Crippen molar-refractivity contribution in [2.24, 2.45) is 5.41 Å². The van der Waals surface area contributed by atoms with Crippen molar-refractivity contribution in [3.8, 4) is 5.75 Å². The van der Waals surface area contributed by atoms with Gasteiger partial charge in [-0.15, -0.1) is 0 Å². The summed E-state index contributed by atoms with van der Waals surface area (Å²) in [5.74, 6) is 0.684. The molecule has 1 aromatic rings. The van der Waals surface area contributed by atoms with Gasteiger partial charge in [-0.25, -0.2) is 0 Å². The van der Waals surface area contributed by atoms with Gasteiger partial charge in [-0.3, -0.25) is 9.59 Å². The molecular weight excluding hydrogens is 318 g/mol. The Morgan fingerprint density at radius 1 is 1.36 bits per heavy atom. The highest BCUT2D eigenvalue weighted by Gasteiger charge is 2.37. The number of nitrogens with zero attached hydrogens (tertiary/aromatic N) is 1. The molecule has 25 heavy (non-hydrogen) atoms. The summed E-state index contributed by atoms with van der Waals surface area (Å²) in [5.41, 5.74) is 1.37. The van der Waals surface area contributed by atoms with Crippen LogP contribution in [0.4, 0.5) is 11.4 Å². The third-order valence-corrected chi connectivity index (χ3v) is 5.20. The zero-order chi connectivity index (χ0) is 18.0. The molecular formula is C19H27N3O3. The summed E-state index contributed by atoms with van der Waals surface area (Å²) in [6, 6.07) is 5.25. The number of amides is 2. The first kappa shape index (κ1) is 17.7. The molecule has 3 rings (SSSR count). The maximum atomic E-state index is 12.7. The zero-order valence-corrected chi connectivity index (χ0v) is 15.2. The number of anilines is 2. The number of benzene rings is 1. The van der Waals surface area contributed by atoms with Crippen LogP contribution in [0, 0.1) is 5.41 Å². The molecule has 2 fully saturated rings. The van der Waals surface area contributed by atoms with Crippen LogP contribution < -0.4 is 20.3 Å². The van der Waals surface area contributed by atoms with Crippen molar-refractivity contribution >= 4 is 23.2 Å². The Morgan fingerprint density at radius 2 is 2.16 bits per heavy atom. The molecule has 1 unspecified atom stereocenters. The largest absolute Gasteiger partial charge is 0.494 e. The molecule has 0 aromatic heterocycles. The van der Waals surface area contributed by atoms with Crippen molar-refractivity contribution in [3.63, 3.8) is 0 Å². The minimum absolute atomic E-state index is 0.0308. The Balaban J connectivity index is 1.77. The molecule has 136 valence electrons. The lowest BCUT2D eigenvalue weighted by Gasteiger charge is -2.38. The molecule has 6 nitrogen and oxygen atoms in total. The van der Waals surface area contributed by atoms with Crippen molar-refractivity contribution in [1.82, 2.24) is 5.32 Å². The average Bonchev–Trinajstić information content (AvgIpc) is 3.00. The summed E-state index contributed by atoms with van der Waals surface area (Å²) >= 11 is 0. The molecule has 0 saturated carbocycles. The fourth-order valence-corrected chi connectivity index (χ4v) is 3.75. The summed E-state index contributed by atoms with van der Waals surface area (Å²) in [6.45, 7) is 5.81. The Labute approximate surface area is 148 Å². The maximum absolute atomic E-state index is 12.7. The van der Waals surface area contributed by atoms with Crippen LogP contribution in [0.1, 0.15) is 39.5 Å². The minimum Gasteiger partial charge on any atom is -0.494 e. The van der Waals surface area contributed by atoms with Gasteiger partial charge in [0.2, 0.25) is 11.8 Å². The first-order chi connectivity index (χ1) is 11.9. The summed E-state index contributed by atoms with van der Waals surface area (Å²) in [5, 5.41) is 6.31. The summed E-state index contributed by atoms with van der Waals surface area (Å²) in [4.78, 5) is 26.4. The van der Waals surface area contributed by atoms with E-state index in [0.29, 0.717) is 24.4 Å². The van der Waals surface area contributed by atoms with Crippen LogP contribution in [0.2, 0.25) is 0 Å². The Bertz CT molecular complexity index is 672. The van der Waals surface area contributed by atoms with Crippen molar-refractivity contribution in [3.05, 3.63) is 18.2 Å². The van der Waals surface area contributed by atoms with Crippen molar-refractivity contribution in [1.29, 1.82) is 0 Å². The first-order valence-electron chi connectivity index (χ1n) is 8.95. The Morgan fingerprint density at radius 3 is 2.80 bits per heavy atom. The SMILES string of the molecule is COc1cc(NC(=O)C2NCCCC2(C)C)ccc1N1CCCC1=O. The van der Waals surface area contributed by atoms with Crippen LogP contribution in [0.3, 0.4) is 0 Å². The van der Waals surface area contributed by atoms with Gasteiger partial charge in [0, 0.05) is 24.7 Å². The van der Waals surface area contributed by atoms with Gasteiger partial charge in [0.05, 0.1) is 18.8 Å². The van der Waals surface area contributed by atoms with Crippen LogP contribution in [0.25, 0.3) is 0 Å². The molecule has 0 radical (unpaired) electrons. The van der Waals surface area contributed by atoms with Crippen molar-refractivity contribution < 1.29 is 14.3 Å². The fraction of sp³-hybridized carbons (Fsp3) is 0.579. The highest BCUT2D eigenvalue weighted by molar-refractivity contribution is 5.99. The van der Waals surface area contributed by atoms with Gasteiger partial charge in [-0.2, -0.15) is 0 Å². The molecule has 0 aliphatic carbocycles. The number of piperidine rings is 1. The van der Waals surface area contributed by atoms with Crippen LogP contribution >= 0.6 is 0 Å². The number of carbonyl (C=O) groups excluding carboxylic acids is 2. The zero-order valence-electron chi connectivity index (χ0n) is 15.2. The van der Waals surface area contributed by atoms with E-state index in [2.05, 4.69) is 24.5 Å². The van der Waals surface area contributed by atoms with Gasteiger partial charge in [0.15, 0.2) is 0 Å². The predicted molar refractivity (Wildman–Crippen MR) is 98.0 cm³/mol. The molecule has 1 atom stereocenters. The number of ether oxygens (including phenoxy) is 1. The third kappa shape index (κ3) is 3.63. The molecule has 2 saturated heterocycles.